The van der Waals surface area contributed by atoms with E-state index in [0.29, 0.717) is 17.4 Å². The van der Waals surface area contributed by atoms with Crippen LogP contribution in [0, 0.1) is 23.7 Å². The normalized spacial score (nSPS) is 41.9. The molecule has 2 N–H and O–H groups in total. The highest BCUT2D eigenvalue weighted by Crippen LogP contribution is 2.57. The number of aliphatic hydroxyl groups is 2. The van der Waals surface area contributed by atoms with E-state index in [0.717, 1.165) is 31.4 Å². The molecule has 3 fully saturated rings. The molecule has 0 spiro atoms. The average Bonchev–Trinajstić information content (AvgIpc) is 3.42. The summed E-state index contributed by atoms with van der Waals surface area (Å²) in [4.78, 5) is 16.7. The fourth-order valence-electron chi connectivity index (χ4n) is 5.88. The van der Waals surface area contributed by atoms with Crippen LogP contribution in [0.3, 0.4) is 0 Å². The van der Waals surface area contributed by atoms with Crippen molar-refractivity contribution in [1.29, 1.82) is 0 Å². The highest BCUT2D eigenvalue weighted by molar-refractivity contribution is 6.01. The Labute approximate surface area is 177 Å². The molecule has 2 bridgehead atoms. The van der Waals surface area contributed by atoms with Gasteiger partial charge in [-0.15, -0.1) is 0 Å². The standard InChI is InChI=1S/C22H24F3NO5/c1-9-17(27)19(29)21(31-15-4-2-3-14(26-15)22(23,24)25)20(30-9)13-8-12-10-5-6-11(7-10)16(12)18(13)28/h2-4,8-12,16-17,19-21,27,29H,5-7H2,1H3/t9-,10+,11-,12?,16?,17+,19+,20-,21-/m1/s1. The van der Waals surface area contributed by atoms with Crippen LogP contribution >= 0.6 is 0 Å². The molecule has 0 aromatic carbocycles. The Kier molecular flexibility index (Phi) is 4.91. The van der Waals surface area contributed by atoms with Crippen molar-refractivity contribution in [3.8, 4) is 5.88 Å². The topological polar surface area (TPSA) is 88.9 Å². The molecule has 9 heteroatoms. The van der Waals surface area contributed by atoms with Crippen molar-refractivity contribution in [2.75, 3.05) is 0 Å². The number of carbonyl (C=O) groups excluding carboxylic acids is 1. The van der Waals surface area contributed by atoms with Gasteiger partial charge in [0.1, 0.15) is 24.0 Å². The number of aromatic nitrogens is 1. The quantitative estimate of drug-likeness (QED) is 0.753. The van der Waals surface area contributed by atoms with Gasteiger partial charge in [-0.05, 0) is 50.0 Å². The first kappa shape index (κ1) is 20.9. The zero-order chi connectivity index (χ0) is 22.1. The van der Waals surface area contributed by atoms with Gasteiger partial charge >= 0.3 is 6.18 Å². The number of ketones is 1. The molecule has 4 aliphatic rings. The molecule has 31 heavy (non-hydrogen) atoms. The maximum absolute atomic E-state index is 13.2. The minimum absolute atomic E-state index is 0.0383. The minimum Gasteiger partial charge on any atom is -0.468 e. The Balaban J connectivity index is 1.46. The Morgan fingerprint density at radius 3 is 2.61 bits per heavy atom. The highest BCUT2D eigenvalue weighted by atomic mass is 19.4. The first-order chi connectivity index (χ1) is 14.6. The number of alkyl halides is 3. The second-order valence-electron chi connectivity index (χ2n) is 9.11. The molecule has 5 rings (SSSR count). The van der Waals surface area contributed by atoms with Crippen LogP contribution in [-0.2, 0) is 15.7 Å². The maximum Gasteiger partial charge on any atom is 0.433 e. The number of pyridine rings is 1. The van der Waals surface area contributed by atoms with E-state index in [1.165, 1.54) is 6.07 Å². The number of halogens is 3. The van der Waals surface area contributed by atoms with Crippen LogP contribution in [0.5, 0.6) is 5.88 Å². The minimum atomic E-state index is -4.66. The second-order valence-corrected chi connectivity index (χ2v) is 9.11. The number of ether oxygens (including phenoxy) is 2. The van der Waals surface area contributed by atoms with Gasteiger partial charge in [0, 0.05) is 17.6 Å². The van der Waals surface area contributed by atoms with E-state index in [-0.39, 0.29) is 23.5 Å². The summed E-state index contributed by atoms with van der Waals surface area (Å²) in [5.41, 5.74) is -0.745. The van der Waals surface area contributed by atoms with E-state index in [1.54, 1.807) is 6.92 Å². The monoisotopic (exact) mass is 439 g/mol. The van der Waals surface area contributed by atoms with E-state index >= 15 is 0 Å². The van der Waals surface area contributed by atoms with E-state index < -0.39 is 42.4 Å². The highest BCUT2D eigenvalue weighted by Gasteiger charge is 2.57. The predicted octanol–water partition coefficient (Wildman–Crippen LogP) is 2.53. The number of carbonyl (C=O) groups is 1. The van der Waals surface area contributed by atoms with Crippen LogP contribution in [0.4, 0.5) is 13.2 Å². The first-order valence-electron chi connectivity index (χ1n) is 10.6. The number of aliphatic hydroxyl groups excluding tert-OH is 2. The molecule has 0 radical (unpaired) electrons. The van der Waals surface area contributed by atoms with Crippen molar-refractivity contribution in [3.05, 3.63) is 35.5 Å². The van der Waals surface area contributed by atoms with Gasteiger partial charge < -0.3 is 19.7 Å². The molecule has 1 aromatic rings. The summed E-state index contributed by atoms with van der Waals surface area (Å²) >= 11 is 0. The van der Waals surface area contributed by atoms with Gasteiger partial charge in [-0.3, -0.25) is 4.79 Å². The molecule has 1 aliphatic heterocycles. The van der Waals surface area contributed by atoms with Crippen LogP contribution in [0.25, 0.3) is 0 Å². The van der Waals surface area contributed by atoms with E-state index in [9.17, 15) is 28.2 Å². The molecule has 9 atom stereocenters. The summed E-state index contributed by atoms with van der Waals surface area (Å²) in [5, 5.41) is 21.0. The maximum atomic E-state index is 13.2. The van der Waals surface area contributed by atoms with E-state index in [1.807, 2.05) is 6.08 Å². The van der Waals surface area contributed by atoms with Gasteiger partial charge in [0.05, 0.1) is 6.10 Å². The number of Topliss-reactive ketones (excluding diaryl/α,β-unsaturated/α-hetero) is 1. The van der Waals surface area contributed by atoms with Crippen LogP contribution < -0.4 is 4.74 Å². The zero-order valence-electron chi connectivity index (χ0n) is 16.8. The third-order valence-electron chi connectivity index (χ3n) is 7.34. The number of nitrogens with zero attached hydrogens (tertiary/aromatic N) is 1. The van der Waals surface area contributed by atoms with Crippen molar-refractivity contribution < 1.29 is 37.7 Å². The lowest BCUT2D eigenvalue weighted by Crippen LogP contribution is -2.59. The number of rotatable bonds is 3. The van der Waals surface area contributed by atoms with Gasteiger partial charge in [0.2, 0.25) is 5.88 Å². The Bertz CT molecular complexity index is 919. The summed E-state index contributed by atoms with van der Waals surface area (Å²) in [5.74, 6) is 0.444. The number of fused-ring (bicyclic) bond motifs is 5. The van der Waals surface area contributed by atoms with Gasteiger partial charge in [-0.2, -0.15) is 13.2 Å². The lowest BCUT2D eigenvalue weighted by molar-refractivity contribution is -0.201. The summed E-state index contributed by atoms with van der Waals surface area (Å²) in [7, 11) is 0. The summed E-state index contributed by atoms with van der Waals surface area (Å²) in [6, 6.07) is 3.20. The summed E-state index contributed by atoms with van der Waals surface area (Å²) < 4.78 is 50.6. The number of allylic oxidation sites excluding steroid dienone is 1. The third kappa shape index (κ3) is 3.37. The number of hydrogen-bond acceptors (Lipinski definition) is 6. The van der Waals surface area contributed by atoms with Crippen molar-refractivity contribution >= 4 is 5.78 Å². The Hall–Kier alpha value is -1.97. The third-order valence-corrected chi connectivity index (χ3v) is 7.34. The largest absolute Gasteiger partial charge is 0.468 e. The smallest absolute Gasteiger partial charge is 0.433 e. The Morgan fingerprint density at radius 2 is 1.90 bits per heavy atom. The molecule has 1 aromatic heterocycles. The molecule has 3 aliphatic carbocycles. The molecule has 1 saturated heterocycles. The van der Waals surface area contributed by atoms with Crippen molar-refractivity contribution in [3.63, 3.8) is 0 Å². The van der Waals surface area contributed by atoms with Crippen LogP contribution in [-0.4, -0.2) is 51.5 Å². The molecule has 0 amide bonds. The predicted molar refractivity (Wildman–Crippen MR) is 101 cm³/mol. The fraction of sp³-hybridized carbons (Fsp3) is 0.636. The van der Waals surface area contributed by atoms with Crippen LogP contribution in [0.2, 0.25) is 0 Å². The molecular weight excluding hydrogens is 415 g/mol. The van der Waals surface area contributed by atoms with Gasteiger partial charge in [-0.1, -0.05) is 12.1 Å². The fourth-order valence-corrected chi connectivity index (χ4v) is 5.88. The van der Waals surface area contributed by atoms with Crippen LogP contribution in [0.1, 0.15) is 31.9 Å². The average molecular weight is 439 g/mol. The lowest BCUT2D eigenvalue weighted by atomic mass is 9.80. The summed E-state index contributed by atoms with van der Waals surface area (Å²) in [6.45, 7) is 1.57. The molecule has 2 unspecified atom stereocenters. The first-order valence-corrected chi connectivity index (χ1v) is 10.6. The van der Waals surface area contributed by atoms with Crippen molar-refractivity contribution in [1.82, 2.24) is 4.98 Å². The van der Waals surface area contributed by atoms with Crippen LogP contribution in [0.15, 0.2) is 29.8 Å². The molecule has 2 heterocycles. The summed E-state index contributed by atoms with van der Waals surface area (Å²) in [6.07, 6.45) is -5.42. The zero-order valence-corrected chi connectivity index (χ0v) is 16.8. The Morgan fingerprint density at radius 1 is 1.16 bits per heavy atom. The SMILES string of the molecule is C[C@H]1O[C@H](C2=CC3C(C2=O)[C@@H]2CC[C@H]3C2)[C@H](Oc2cccc(C(F)(F)F)n2)[C@@H](O)[C@H]1O. The van der Waals surface area contributed by atoms with Gasteiger partial charge in [-0.25, -0.2) is 4.98 Å². The molecule has 2 saturated carbocycles. The van der Waals surface area contributed by atoms with Crippen molar-refractivity contribution in [2.24, 2.45) is 23.7 Å². The second kappa shape index (κ2) is 7.28. The van der Waals surface area contributed by atoms with Gasteiger partial charge in [0.25, 0.3) is 0 Å². The van der Waals surface area contributed by atoms with E-state index in [4.69, 9.17) is 9.47 Å². The van der Waals surface area contributed by atoms with Gasteiger partial charge in [0.15, 0.2) is 11.9 Å². The molecule has 6 nitrogen and oxygen atoms in total. The van der Waals surface area contributed by atoms with Crippen molar-refractivity contribution in [2.45, 2.75) is 62.9 Å². The number of hydrogen-bond donors (Lipinski definition) is 2. The lowest BCUT2D eigenvalue weighted by Gasteiger charge is -2.41. The van der Waals surface area contributed by atoms with E-state index in [2.05, 4.69) is 4.98 Å². The molecular formula is C22H24F3NO5. The molecule has 168 valence electrons.